The molecule has 300 valence electrons. The van der Waals surface area contributed by atoms with Gasteiger partial charge in [0.15, 0.2) is 0 Å². The van der Waals surface area contributed by atoms with E-state index in [9.17, 15) is 24.5 Å². The molecule has 0 fully saturated rings. The zero-order chi connectivity index (χ0) is 38.1. The SMILES string of the molecule is CC/C=C/C/C=C/C=C/C(O)CCCCCCCC(=O)N[C@@H](COP(=O)(O)OCC[N+](C)(C)C)[C@H](O)CCCCCCCCCCCCCCC. The summed E-state index contributed by atoms with van der Waals surface area (Å²) < 4.78 is 23.5. The van der Waals surface area contributed by atoms with E-state index >= 15 is 0 Å². The Labute approximate surface area is 313 Å². The Bertz CT molecular complexity index is 951. The van der Waals surface area contributed by atoms with Gasteiger partial charge in [-0.15, -0.1) is 0 Å². The van der Waals surface area contributed by atoms with Crippen LogP contribution in [0.2, 0.25) is 0 Å². The molecule has 1 amide bonds. The summed E-state index contributed by atoms with van der Waals surface area (Å²) in [4.78, 5) is 23.1. The first-order valence-corrected chi connectivity index (χ1v) is 22.0. The minimum Gasteiger partial charge on any atom is -0.391 e. The van der Waals surface area contributed by atoms with Gasteiger partial charge in [0.2, 0.25) is 5.91 Å². The molecule has 10 heteroatoms. The van der Waals surface area contributed by atoms with Gasteiger partial charge in [0.05, 0.1) is 46.0 Å². The van der Waals surface area contributed by atoms with Crippen molar-refractivity contribution in [3.05, 3.63) is 36.5 Å². The molecule has 0 aromatic rings. The van der Waals surface area contributed by atoms with Crippen LogP contribution in [0.1, 0.15) is 162 Å². The lowest BCUT2D eigenvalue weighted by atomic mass is 10.0. The first-order valence-electron chi connectivity index (χ1n) is 20.5. The molecule has 0 saturated heterocycles. The fourth-order valence-electron chi connectivity index (χ4n) is 5.70. The monoisotopic (exact) mass is 744 g/mol. The van der Waals surface area contributed by atoms with Crippen LogP contribution in [0.4, 0.5) is 0 Å². The van der Waals surface area contributed by atoms with Gasteiger partial charge < -0.3 is 24.9 Å². The number of aliphatic hydroxyl groups excluding tert-OH is 2. The number of carbonyl (C=O) groups excluding carboxylic acids is 1. The summed E-state index contributed by atoms with van der Waals surface area (Å²) in [7, 11) is 1.55. The number of likely N-dealkylation sites (N-methyl/N-ethyl adjacent to an activating group) is 1. The van der Waals surface area contributed by atoms with E-state index in [1.165, 1.54) is 64.2 Å². The molecule has 2 unspecified atom stereocenters. The number of quaternary nitrogens is 1. The highest BCUT2D eigenvalue weighted by molar-refractivity contribution is 7.47. The predicted molar refractivity (Wildman–Crippen MR) is 214 cm³/mol. The van der Waals surface area contributed by atoms with Crippen molar-refractivity contribution in [2.24, 2.45) is 0 Å². The molecule has 0 spiro atoms. The second-order valence-electron chi connectivity index (χ2n) is 15.2. The molecule has 51 heavy (non-hydrogen) atoms. The Morgan fingerprint density at radius 1 is 0.725 bits per heavy atom. The summed E-state index contributed by atoms with van der Waals surface area (Å²) in [5.41, 5.74) is 0. The number of carbonyl (C=O) groups is 1. The van der Waals surface area contributed by atoms with Crippen molar-refractivity contribution in [3.8, 4) is 0 Å². The summed E-state index contributed by atoms with van der Waals surface area (Å²) in [5, 5.41) is 24.0. The molecule has 0 aliphatic heterocycles. The first-order chi connectivity index (χ1) is 24.4. The number of amides is 1. The number of hydrogen-bond donors (Lipinski definition) is 4. The molecule has 0 radical (unpaired) electrons. The van der Waals surface area contributed by atoms with Crippen LogP contribution < -0.4 is 5.32 Å². The van der Waals surface area contributed by atoms with E-state index < -0.39 is 26.1 Å². The molecule has 0 bridgehead atoms. The quantitative estimate of drug-likeness (QED) is 0.0166. The summed E-state index contributed by atoms with van der Waals surface area (Å²) in [6, 6.07) is -0.797. The van der Waals surface area contributed by atoms with Crippen LogP contribution in [0.15, 0.2) is 36.5 Å². The molecule has 4 N–H and O–H groups in total. The molecule has 4 atom stereocenters. The van der Waals surface area contributed by atoms with Gasteiger partial charge in [-0.25, -0.2) is 4.57 Å². The third-order valence-corrected chi connectivity index (χ3v) is 9.99. The van der Waals surface area contributed by atoms with E-state index in [1.807, 2.05) is 39.4 Å². The molecular formula is C41H80N2O7P+. The highest BCUT2D eigenvalue weighted by Gasteiger charge is 2.28. The second kappa shape index (κ2) is 33.3. The average Bonchev–Trinajstić information content (AvgIpc) is 3.07. The van der Waals surface area contributed by atoms with Crippen LogP contribution >= 0.6 is 7.82 Å². The third-order valence-electron chi connectivity index (χ3n) is 9.01. The van der Waals surface area contributed by atoms with E-state index in [1.54, 1.807) is 0 Å². The lowest BCUT2D eigenvalue weighted by Gasteiger charge is -2.26. The van der Waals surface area contributed by atoms with Gasteiger partial charge in [0.1, 0.15) is 13.2 Å². The van der Waals surface area contributed by atoms with Gasteiger partial charge in [-0.05, 0) is 32.1 Å². The highest BCUT2D eigenvalue weighted by Crippen LogP contribution is 2.43. The van der Waals surface area contributed by atoms with Gasteiger partial charge in [-0.3, -0.25) is 13.8 Å². The molecule has 0 aliphatic carbocycles. The van der Waals surface area contributed by atoms with Crippen molar-refractivity contribution < 1.29 is 38.0 Å². The van der Waals surface area contributed by atoms with Crippen LogP contribution in [-0.4, -0.2) is 84.6 Å². The summed E-state index contributed by atoms with van der Waals surface area (Å²) in [5.74, 6) is -0.203. The molecule has 0 rings (SSSR count). The zero-order valence-corrected chi connectivity index (χ0v) is 34.3. The number of phosphoric acid groups is 1. The lowest BCUT2D eigenvalue weighted by molar-refractivity contribution is -0.870. The number of nitrogens with zero attached hydrogens (tertiary/aromatic N) is 1. The van der Waals surface area contributed by atoms with Crippen molar-refractivity contribution in [3.63, 3.8) is 0 Å². The molecule has 0 aliphatic rings. The number of nitrogens with one attached hydrogen (secondary N) is 1. The van der Waals surface area contributed by atoms with Crippen LogP contribution in [0, 0.1) is 0 Å². The van der Waals surface area contributed by atoms with Gasteiger partial charge >= 0.3 is 7.82 Å². The maximum absolute atomic E-state index is 12.8. The maximum atomic E-state index is 12.8. The maximum Gasteiger partial charge on any atom is 0.472 e. The summed E-state index contributed by atoms with van der Waals surface area (Å²) in [6.07, 6.45) is 34.7. The van der Waals surface area contributed by atoms with E-state index in [2.05, 4.69) is 37.4 Å². The Hall–Kier alpha value is -1.32. The lowest BCUT2D eigenvalue weighted by Crippen LogP contribution is -2.46. The number of hydrogen-bond acceptors (Lipinski definition) is 6. The number of rotatable bonds is 36. The number of phosphoric ester groups is 1. The van der Waals surface area contributed by atoms with E-state index in [0.29, 0.717) is 36.7 Å². The number of allylic oxidation sites excluding steroid dienone is 5. The third kappa shape index (κ3) is 35.5. The van der Waals surface area contributed by atoms with Crippen molar-refractivity contribution >= 4 is 13.7 Å². The van der Waals surface area contributed by atoms with Crippen LogP contribution in [0.3, 0.4) is 0 Å². The summed E-state index contributed by atoms with van der Waals surface area (Å²) in [6.45, 7) is 4.65. The summed E-state index contributed by atoms with van der Waals surface area (Å²) >= 11 is 0. The van der Waals surface area contributed by atoms with Gasteiger partial charge in [-0.2, -0.15) is 0 Å². The number of aliphatic hydroxyl groups is 2. The van der Waals surface area contributed by atoms with Crippen LogP contribution in [0.25, 0.3) is 0 Å². The van der Waals surface area contributed by atoms with E-state index in [-0.39, 0.29) is 19.1 Å². The van der Waals surface area contributed by atoms with Gasteiger partial charge in [0, 0.05) is 6.42 Å². The molecular weight excluding hydrogens is 663 g/mol. The zero-order valence-electron chi connectivity index (χ0n) is 33.4. The normalized spacial score (nSPS) is 15.5. The van der Waals surface area contributed by atoms with E-state index in [0.717, 1.165) is 57.8 Å². The molecule has 0 aromatic carbocycles. The predicted octanol–water partition coefficient (Wildman–Crippen LogP) is 9.71. The largest absolute Gasteiger partial charge is 0.472 e. The van der Waals surface area contributed by atoms with Crippen molar-refractivity contribution in [1.82, 2.24) is 5.32 Å². The van der Waals surface area contributed by atoms with Crippen molar-refractivity contribution in [2.75, 3.05) is 40.9 Å². The Balaban J connectivity index is 4.53. The molecule has 0 heterocycles. The molecule has 9 nitrogen and oxygen atoms in total. The van der Waals surface area contributed by atoms with Crippen LogP contribution in [-0.2, 0) is 18.4 Å². The molecule has 0 saturated carbocycles. The second-order valence-corrected chi connectivity index (χ2v) is 16.6. The fraction of sp³-hybridized carbons (Fsp3) is 0.829. The highest BCUT2D eigenvalue weighted by atomic mass is 31.2. The molecule has 0 aromatic heterocycles. The Kier molecular flexibility index (Phi) is 32.4. The minimum absolute atomic E-state index is 0.0556. The van der Waals surface area contributed by atoms with Crippen molar-refractivity contribution in [2.45, 2.75) is 180 Å². The average molecular weight is 744 g/mol. The van der Waals surface area contributed by atoms with E-state index in [4.69, 9.17) is 9.05 Å². The number of unbranched alkanes of at least 4 members (excludes halogenated alkanes) is 16. The van der Waals surface area contributed by atoms with Crippen molar-refractivity contribution in [1.29, 1.82) is 0 Å². The van der Waals surface area contributed by atoms with Gasteiger partial charge in [0.25, 0.3) is 0 Å². The Morgan fingerprint density at radius 3 is 1.84 bits per heavy atom. The Morgan fingerprint density at radius 2 is 1.27 bits per heavy atom. The first kappa shape index (κ1) is 49.7. The smallest absolute Gasteiger partial charge is 0.391 e. The fourth-order valence-corrected chi connectivity index (χ4v) is 6.43. The van der Waals surface area contributed by atoms with Crippen LogP contribution in [0.5, 0.6) is 0 Å². The van der Waals surface area contributed by atoms with Gasteiger partial charge in [-0.1, -0.05) is 159 Å². The minimum atomic E-state index is -4.33. The topological polar surface area (TPSA) is 125 Å². The standard InChI is InChI=1S/C41H79N2O7P/c1-6-8-10-12-14-15-16-17-18-19-21-25-29-33-40(45)39(37-50-51(47,48)49-36-35-43(3,4)5)42-41(46)34-30-26-22-24-28-32-38(44)31-27-23-20-13-11-9-7-2/h9,11,20,23,27,31,38-40,44-45H,6-8,10,12-19,21-22,24-26,28-30,32-37H2,1-5H3,(H-,42,46,47,48)/p+1/b11-9+,23-20+,31-27+/t38?,39-,40+/m0/s1.